The van der Waals surface area contributed by atoms with E-state index in [4.69, 9.17) is 0 Å². The summed E-state index contributed by atoms with van der Waals surface area (Å²) in [5.74, 6) is -0.993. The maximum atomic E-state index is 12.1. The highest BCUT2D eigenvalue weighted by molar-refractivity contribution is 5.92. The van der Waals surface area contributed by atoms with Crippen molar-refractivity contribution in [3.05, 3.63) is 24.0 Å². The molecule has 108 valence electrons. The molecule has 1 N–H and O–H groups in total. The number of carboxylic acid groups (broad SMARTS) is 1. The molecule has 6 nitrogen and oxygen atoms in total. The standard InChI is InChI=1S/C14H19N3O3/c1-14(13(19)20)6-3-7-17(10-14)12(18)5-4-11-8-15-16(2)9-11/h4-5,8-9H,3,6-7,10H2,1-2H3,(H,19,20). The van der Waals surface area contributed by atoms with Crippen LogP contribution in [0, 0.1) is 5.41 Å². The number of nitrogens with zero attached hydrogens (tertiary/aromatic N) is 3. The smallest absolute Gasteiger partial charge is 0.311 e. The quantitative estimate of drug-likeness (QED) is 0.841. The Labute approximate surface area is 117 Å². The van der Waals surface area contributed by atoms with Gasteiger partial charge in [0, 0.05) is 38.0 Å². The van der Waals surface area contributed by atoms with Gasteiger partial charge in [0.25, 0.3) is 0 Å². The molecular weight excluding hydrogens is 258 g/mol. The van der Waals surface area contributed by atoms with E-state index in [-0.39, 0.29) is 12.5 Å². The lowest BCUT2D eigenvalue weighted by Crippen LogP contribution is -2.47. The Bertz CT molecular complexity index is 550. The minimum Gasteiger partial charge on any atom is -0.481 e. The molecule has 1 aromatic rings. The average Bonchev–Trinajstić information content (AvgIpc) is 2.81. The molecule has 0 radical (unpaired) electrons. The third-order valence-corrected chi connectivity index (χ3v) is 3.67. The Kier molecular flexibility index (Phi) is 3.92. The zero-order chi connectivity index (χ0) is 14.8. The van der Waals surface area contributed by atoms with E-state index < -0.39 is 11.4 Å². The van der Waals surface area contributed by atoms with Crippen LogP contribution in [0.15, 0.2) is 18.5 Å². The van der Waals surface area contributed by atoms with Gasteiger partial charge in [-0.15, -0.1) is 0 Å². The summed E-state index contributed by atoms with van der Waals surface area (Å²) in [4.78, 5) is 25.0. The van der Waals surface area contributed by atoms with E-state index in [0.29, 0.717) is 13.0 Å². The minimum atomic E-state index is -0.841. The predicted molar refractivity (Wildman–Crippen MR) is 73.8 cm³/mol. The van der Waals surface area contributed by atoms with Gasteiger partial charge < -0.3 is 10.0 Å². The van der Waals surface area contributed by atoms with Crippen molar-refractivity contribution in [2.75, 3.05) is 13.1 Å². The number of rotatable bonds is 3. The Balaban J connectivity index is 2.02. The number of carbonyl (C=O) groups is 2. The van der Waals surface area contributed by atoms with Crippen molar-refractivity contribution in [1.82, 2.24) is 14.7 Å². The van der Waals surface area contributed by atoms with Crippen LogP contribution in [0.4, 0.5) is 0 Å². The fourth-order valence-electron chi connectivity index (χ4n) is 2.40. The van der Waals surface area contributed by atoms with Crippen LogP contribution in [-0.2, 0) is 16.6 Å². The van der Waals surface area contributed by atoms with E-state index in [1.54, 1.807) is 35.0 Å². The number of likely N-dealkylation sites (tertiary alicyclic amines) is 1. The molecule has 0 saturated carbocycles. The SMILES string of the molecule is Cn1cc(C=CC(=O)N2CCCC(C)(C(=O)O)C2)cn1. The Morgan fingerprint density at radius 2 is 2.25 bits per heavy atom. The van der Waals surface area contributed by atoms with Crippen LogP contribution in [0.2, 0.25) is 0 Å². The number of amides is 1. The second-order valence-corrected chi connectivity index (χ2v) is 5.51. The summed E-state index contributed by atoms with van der Waals surface area (Å²) in [6.07, 6.45) is 7.98. The molecule has 1 unspecified atom stereocenters. The lowest BCUT2D eigenvalue weighted by molar-refractivity contribution is -0.152. The van der Waals surface area contributed by atoms with Gasteiger partial charge in [0.2, 0.25) is 5.91 Å². The van der Waals surface area contributed by atoms with Gasteiger partial charge in [-0.3, -0.25) is 14.3 Å². The van der Waals surface area contributed by atoms with Crippen LogP contribution in [0.25, 0.3) is 6.08 Å². The number of aliphatic carboxylic acids is 1. The molecule has 1 atom stereocenters. The van der Waals surface area contributed by atoms with Crippen molar-refractivity contribution >= 4 is 18.0 Å². The van der Waals surface area contributed by atoms with Gasteiger partial charge in [0.15, 0.2) is 0 Å². The van der Waals surface area contributed by atoms with Crippen LogP contribution < -0.4 is 0 Å². The van der Waals surface area contributed by atoms with Gasteiger partial charge in [0.1, 0.15) is 0 Å². The molecule has 1 saturated heterocycles. The molecule has 1 amide bonds. The molecule has 0 aliphatic carbocycles. The fourth-order valence-corrected chi connectivity index (χ4v) is 2.40. The van der Waals surface area contributed by atoms with Crippen molar-refractivity contribution in [2.45, 2.75) is 19.8 Å². The Morgan fingerprint density at radius 3 is 2.85 bits per heavy atom. The second-order valence-electron chi connectivity index (χ2n) is 5.51. The van der Waals surface area contributed by atoms with Crippen molar-refractivity contribution in [3.63, 3.8) is 0 Å². The van der Waals surface area contributed by atoms with Gasteiger partial charge in [-0.05, 0) is 25.8 Å². The van der Waals surface area contributed by atoms with Crippen LogP contribution in [0.1, 0.15) is 25.3 Å². The van der Waals surface area contributed by atoms with Crippen molar-refractivity contribution < 1.29 is 14.7 Å². The number of hydrogen-bond acceptors (Lipinski definition) is 3. The normalized spacial score (nSPS) is 23.2. The predicted octanol–water partition coefficient (Wildman–Crippen LogP) is 1.15. The first-order chi connectivity index (χ1) is 9.40. The molecule has 1 aliphatic heterocycles. The van der Waals surface area contributed by atoms with Crippen LogP contribution in [0.5, 0.6) is 0 Å². The highest BCUT2D eigenvalue weighted by atomic mass is 16.4. The topological polar surface area (TPSA) is 75.4 Å². The number of hydrogen-bond donors (Lipinski definition) is 1. The third-order valence-electron chi connectivity index (χ3n) is 3.67. The number of aryl methyl sites for hydroxylation is 1. The molecule has 0 bridgehead atoms. The summed E-state index contributed by atoms with van der Waals surface area (Å²) < 4.78 is 1.66. The Morgan fingerprint density at radius 1 is 1.50 bits per heavy atom. The molecule has 20 heavy (non-hydrogen) atoms. The molecule has 0 spiro atoms. The van der Waals surface area contributed by atoms with E-state index >= 15 is 0 Å². The van der Waals surface area contributed by atoms with Gasteiger partial charge in [-0.1, -0.05) is 0 Å². The molecule has 1 aliphatic rings. The summed E-state index contributed by atoms with van der Waals surface area (Å²) >= 11 is 0. The largest absolute Gasteiger partial charge is 0.481 e. The van der Waals surface area contributed by atoms with Crippen LogP contribution in [0.3, 0.4) is 0 Å². The highest BCUT2D eigenvalue weighted by Crippen LogP contribution is 2.29. The fraction of sp³-hybridized carbons (Fsp3) is 0.500. The molecule has 6 heteroatoms. The highest BCUT2D eigenvalue weighted by Gasteiger charge is 2.38. The molecule has 2 heterocycles. The number of carbonyl (C=O) groups excluding carboxylic acids is 1. The van der Waals surface area contributed by atoms with Gasteiger partial charge >= 0.3 is 5.97 Å². The minimum absolute atomic E-state index is 0.152. The van der Waals surface area contributed by atoms with Crippen LogP contribution >= 0.6 is 0 Å². The summed E-state index contributed by atoms with van der Waals surface area (Å²) in [5, 5.41) is 13.3. The van der Waals surface area contributed by atoms with E-state index in [1.807, 2.05) is 7.05 Å². The van der Waals surface area contributed by atoms with Gasteiger partial charge in [-0.25, -0.2) is 0 Å². The first kappa shape index (κ1) is 14.3. The zero-order valence-corrected chi connectivity index (χ0v) is 11.7. The van der Waals surface area contributed by atoms with E-state index in [0.717, 1.165) is 12.0 Å². The summed E-state index contributed by atoms with van der Waals surface area (Å²) in [7, 11) is 1.81. The van der Waals surface area contributed by atoms with Crippen molar-refractivity contribution in [3.8, 4) is 0 Å². The van der Waals surface area contributed by atoms with Gasteiger partial charge in [0.05, 0.1) is 11.6 Å². The monoisotopic (exact) mass is 277 g/mol. The van der Waals surface area contributed by atoms with E-state index in [9.17, 15) is 14.7 Å². The maximum absolute atomic E-state index is 12.1. The molecule has 2 rings (SSSR count). The maximum Gasteiger partial charge on any atom is 0.311 e. The van der Waals surface area contributed by atoms with Crippen LogP contribution in [-0.4, -0.2) is 44.8 Å². The second kappa shape index (κ2) is 5.48. The molecule has 1 fully saturated rings. The number of aromatic nitrogens is 2. The number of piperidine rings is 1. The Hall–Kier alpha value is -2.11. The lowest BCUT2D eigenvalue weighted by Gasteiger charge is -2.37. The molecular formula is C14H19N3O3. The zero-order valence-electron chi connectivity index (χ0n) is 11.7. The van der Waals surface area contributed by atoms with Crippen molar-refractivity contribution in [2.24, 2.45) is 12.5 Å². The lowest BCUT2D eigenvalue weighted by atomic mass is 9.82. The van der Waals surface area contributed by atoms with Gasteiger partial charge in [-0.2, -0.15) is 5.10 Å². The van der Waals surface area contributed by atoms with E-state index in [2.05, 4.69) is 5.10 Å². The summed E-state index contributed by atoms with van der Waals surface area (Å²) in [5.41, 5.74) is 0.00891. The summed E-state index contributed by atoms with van der Waals surface area (Å²) in [6, 6.07) is 0. The third kappa shape index (κ3) is 3.07. The number of carboxylic acids is 1. The molecule has 0 aromatic carbocycles. The van der Waals surface area contributed by atoms with E-state index in [1.165, 1.54) is 6.08 Å². The molecule has 1 aromatic heterocycles. The average molecular weight is 277 g/mol. The first-order valence-corrected chi connectivity index (χ1v) is 6.60. The summed E-state index contributed by atoms with van der Waals surface area (Å²) in [6.45, 7) is 2.57. The van der Waals surface area contributed by atoms with Crippen molar-refractivity contribution in [1.29, 1.82) is 0 Å². The first-order valence-electron chi connectivity index (χ1n) is 6.60.